The van der Waals surface area contributed by atoms with Crippen LogP contribution in [0.5, 0.6) is 0 Å². The van der Waals surface area contributed by atoms with Gasteiger partial charge in [-0.05, 0) is 57.8 Å². The number of ether oxygens (including phenoxy) is 1. The van der Waals surface area contributed by atoms with Crippen molar-refractivity contribution in [2.75, 3.05) is 13.2 Å². The molecule has 0 aromatic rings. The third-order valence-corrected chi connectivity index (χ3v) is 20.0. The molecule has 0 fully saturated rings. The Labute approximate surface area is 571 Å². The summed E-state index contributed by atoms with van der Waals surface area (Å²) in [4.78, 5) is 24.6. The van der Waals surface area contributed by atoms with Gasteiger partial charge in [0.1, 0.15) is 0 Å². The predicted octanol–water partition coefficient (Wildman–Crippen LogP) is 28.0. The number of aliphatic hydroxyl groups is 2. The number of esters is 1. The summed E-state index contributed by atoms with van der Waals surface area (Å²) in [5.74, 6) is -0.0420. The van der Waals surface area contributed by atoms with E-state index in [2.05, 4.69) is 31.3 Å². The minimum atomic E-state index is -0.842. The molecule has 0 aliphatic heterocycles. The van der Waals surface area contributed by atoms with E-state index in [-0.39, 0.29) is 18.5 Å². The van der Waals surface area contributed by atoms with Crippen molar-refractivity contribution in [3.63, 3.8) is 0 Å². The van der Waals surface area contributed by atoms with E-state index in [1.165, 1.54) is 411 Å². The van der Waals surface area contributed by atoms with E-state index in [9.17, 15) is 19.8 Å². The SMILES string of the molecule is CCCCCCC/C=C\CCCCCCCC(=O)OCCCCCCCCCCCCCCCCCCCCCCCCCCCCCCCCCCCCCC(=O)NC(CO)C(O)/C=C/CCCCCCCCCCCCCCCCCCCCCCCCC. The van der Waals surface area contributed by atoms with Crippen molar-refractivity contribution in [2.24, 2.45) is 0 Å². The number of allylic oxidation sites excluding steroid dienone is 3. The first-order chi connectivity index (χ1) is 45.0. The number of rotatable bonds is 80. The molecule has 0 aliphatic carbocycles. The number of hydrogen-bond acceptors (Lipinski definition) is 5. The molecule has 0 aliphatic rings. The Morgan fingerprint density at radius 1 is 0.297 bits per heavy atom. The molecule has 0 radical (unpaired) electrons. The summed E-state index contributed by atoms with van der Waals surface area (Å²) in [6.07, 6.45) is 105. The van der Waals surface area contributed by atoms with Crippen LogP contribution in [0.1, 0.15) is 483 Å². The minimum absolute atomic E-state index is 0.0148. The van der Waals surface area contributed by atoms with Crippen LogP contribution in [-0.2, 0) is 14.3 Å². The summed E-state index contributed by atoms with van der Waals surface area (Å²) in [6, 6.07) is -0.625. The van der Waals surface area contributed by atoms with Crippen LogP contribution >= 0.6 is 0 Å². The molecule has 3 N–H and O–H groups in total. The Kier molecular flexibility index (Phi) is 79.3. The molecule has 6 nitrogen and oxygen atoms in total. The average molecular weight is 1280 g/mol. The highest BCUT2D eigenvalue weighted by molar-refractivity contribution is 5.76. The monoisotopic (exact) mass is 1280 g/mol. The number of amides is 1. The van der Waals surface area contributed by atoms with Gasteiger partial charge < -0.3 is 20.3 Å². The second-order valence-electron chi connectivity index (χ2n) is 29.2. The molecular formula is C85H165NO5. The lowest BCUT2D eigenvalue weighted by Crippen LogP contribution is -2.45. The lowest BCUT2D eigenvalue weighted by atomic mass is 10.0. The van der Waals surface area contributed by atoms with Crippen LogP contribution in [0.25, 0.3) is 0 Å². The van der Waals surface area contributed by atoms with E-state index in [4.69, 9.17) is 4.74 Å². The number of hydrogen-bond donors (Lipinski definition) is 3. The number of carbonyl (C=O) groups is 2. The fourth-order valence-electron chi connectivity index (χ4n) is 13.6. The van der Waals surface area contributed by atoms with Crippen LogP contribution in [0, 0.1) is 0 Å². The molecule has 1 amide bonds. The van der Waals surface area contributed by atoms with Crippen molar-refractivity contribution in [1.82, 2.24) is 5.32 Å². The molecule has 0 spiro atoms. The average Bonchev–Trinajstić information content (AvgIpc) is 3.64. The van der Waals surface area contributed by atoms with Gasteiger partial charge in [-0.25, -0.2) is 0 Å². The van der Waals surface area contributed by atoms with Gasteiger partial charge >= 0.3 is 5.97 Å². The van der Waals surface area contributed by atoms with E-state index in [0.29, 0.717) is 19.4 Å². The second kappa shape index (κ2) is 80.8. The molecule has 0 rings (SSSR count). The third-order valence-electron chi connectivity index (χ3n) is 20.0. The van der Waals surface area contributed by atoms with Crippen molar-refractivity contribution >= 4 is 11.9 Å². The maximum Gasteiger partial charge on any atom is 0.305 e. The maximum atomic E-state index is 12.6. The van der Waals surface area contributed by atoms with E-state index in [1.54, 1.807) is 6.08 Å². The van der Waals surface area contributed by atoms with Crippen molar-refractivity contribution in [3.8, 4) is 0 Å². The molecule has 0 aromatic carbocycles. The molecule has 2 atom stereocenters. The summed E-state index contributed by atoms with van der Waals surface area (Å²) in [5, 5.41) is 23.3. The van der Waals surface area contributed by atoms with Gasteiger partial charge in [-0.1, -0.05) is 436 Å². The van der Waals surface area contributed by atoms with Crippen LogP contribution < -0.4 is 5.32 Å². The second-order valence-corrected chi connectivity index (χ2v) is 29.2. The molecule has 6 heteroatoms. The molecule has 540 valence electrons. The van der Waals surface area contributed by atoms with Crippen LogP contribution in [0.3, 0.4) is 0 Å². The van der Waals surface area contributed by atoms with Crippen LogP contribution in [-0.4, -0.2) is 47.4 Å². The van der Waals surface area contributed by atoms with Gasteiger partial charge in [0.25, 0.3) is 0 Å². The number of aliphatic hydroxyl groups excluding tert-OH is 2. The Morgan fingerprint density at radius 2 is 0.516 bits per heavy atom. The molecule has 0 heterocycles. The standard InChI is InChI=1S/C85H165NO5/c1-3-5-7-9-11-13-15-17-19-20-21-22-23-35-38-41-44-47-50-53-57-61-65-69-73-77-83(88)82(81-87)86-84(89)78-74-70-66-62-58-54-51-48-45-42-39-36-33-31-29-27-25-24-26-28-30-32-34-37-40-43-46-49-52-56-60-64-68-72-76-80-91-85(90)79-75-71-67-63-59-55-18-16-14-12-10-8-6-4-2/h16,18,73,77,82-83,87-88H,3-15,17,19-72,74-76,78-81H2,1-2H3,(H,86,89)/b18-16-,77-73+. The van der Waals surface area contributed by atoms with Crippen LogP contribution in [0.2, 0.25) is 0 Å². The molecule has 0 aromatic heterocycles. The van der Waals surface area contributed by atoms with Crippen molar-refractivity contribution in [1.29, 1.82) is 0 Å². The van der Waals surface area contributed by atoms with Crippen molar-refractivity contribution in [2.45, 2.75) is 495 Å². The summed E-state index contributed by atoms with van der Waals surface area (Å²) in [5.41, 5.74) is 0. The van der Waals surface area contributed by atoms with Crippen molar-refractivity contribution in [3.05, 3.63) is 24.3 Å². The number of nitrogens with one attached hydrogen (secondary N) is 1. The zero-order chi connectivity index (χ0) is 65.6. The summed E-state index contributed by atoms with van der Waals surface area (Å²) in [7, 11) is 0. The Balaban J connectivity index is 3.34. The predicted molar refractivity (Wildman–Crippen MR) is 403 cm³/mol. The topological polar surface area (TPSA) is 95.9 Å². The first-order valence-electron chi connectivity index (χ1n) is 42.1. The highest BCUT2D eigenvalue weighted by Gasteiger charge is 2.18. The Hall–Kier alpha value is -1.66. The quantitative estimate of drug-likeness (QED) is 0.0320. The number of unbranched alkanes of at least 4 members (excludes halogenated alkanes) is 67. The van der Waals surface area contributed by atoms with Gasteiger partial charge in [0.2, 0.25) is 5.91 Å². The molecule has 91 heavy (non-hydrogen) atoms. The molecule has 0 bridgehead atoms. The van der Waals surface area contributed by atoms with Crippen molar-refractivity contribution < 1.29 is 24.5 Å². The third kappa shape index (κ3) is 77.2. The van der Waals surface area contributed by atoms with E-state index in [1.807, 2.05) is 6.08 Å². The normalized spacial score (nSPS) is 12.5. The maximum absolute atomic E-state index is 12.6. The fourth-order valence-corrected chi connectivity index (χ4v) is 13.6. The lowest BCUT2D eigenvalue weighted by molar-refractivity contribution is -0.143. The summed E-state index contributed by atoms with van der Waals surface area (Å²) < 4.78 is 5.50. The smallest absolute Gasteiger partial charge is 0.305 e. The summed E-state index contributed by atoms with van der Waals surface area (Å²) >= 11 is 0. The zero-order valence-corrected chi connectivity index (χ0v) is 62.1. The minimum Gasteiger partial charge on any atom is -0.466 e. The number of carbonyl (C=O) groups excluding carboxylic acids is 2. The van der Waals surface area contributed by atoms with E-state index in [0.717, 1.165) is 44.9 Å². The van der Waals surface area contributed by atoms with Gasteiger partial charge in [-0.15, -0.1) is 0 Å². The van der Waals surface area contributed by atoms with Gasteiger partial charge in [0.05, 0.1) is 25.4 Å². The van der Waals surface area contributed by atoms with Gasteiger partial charge in [-0.3, -0.25) is 9.59 Å². The van der Waals surface area contributed by atoms with Gasteiger partial charge in [-0.2, -0.15) is 0 Å². The highest BCUT2D eigenvalue weighted by atomic mass is 16.5. The molecule has 2 unspecified atom stereocenters. The van der Waals surface area contributed by atoms with Crippen LogP contribution in [0.15, 0.2) is 24.3 Å². The first-order valence-corrected chi connectivity index (χ1v) is 42.1. The van der Waals surface area contributed by atoms with Gasteiger partial charge in [0, 0.05) is 12.8 Å². The lowest BCUT2D eigenvalue weighted by Gasteiger charge is -2.20. The van der Waals surface area contributed by atoms with Crippen LogP contribution in [0.4, 0.5) is 0 Å². The molecule has 0 saturated carbocycles. The molecular weight excluding hydrogens is 1110 g/mol. The first kappa shape index (κ1) is 89.3. The zero-order valence-electron chi connectivity index (χ0n) is 62.1. The largest absolute Gasteiger partial charge is 0.466 e. The fraction of sp³-hybridized carbons (Fsp3) is 0.929. The highest BCUT2D eigenvalue weighted by Crippen LogP contribution is 2.21. The summed E-state index contributed by atoms with van der Waals surface area (Å²) in [6.45, 7) is 4.95. The Morgan fingerprint density at radius 3 is 0.780 bits per heavy atom. The Bertz CT molecular complexity index is 1430. The van der Waals surface area contributed by atoms with E-state index < -0.39 is 12.1 Å². The molecule has 0 saturated heterocycles. The van der Waals surface area contributed by atoms with Gasteiger partial charge in [0.15, 0.2) is 0 Å². The van der Waals surface area contributed by atoms with E-state index >= 15 is 0 Å².